The van der Waals surface area contributed by atoms with Crippen LogP contribution < -0.4 is 19.5 Å². The zero-order valence-electron chi connectivity index (χ0n) is 24.9. The van der Waals surface area contributed by atoms with Crippen LogP contribution in [-0.4, -0.2) is 29.1 Å². The molecule has 0 unspecified atom stereocenters. The van der Waals surface area contributed by atoms with E-state index in [4.69, 9.17) is 9.47 Å². The lowest BCUT2D eigenvalue weighted by atomic mass is 9.93. The molecule has 1 amide bonds. The van der Waals surface area contributed by atoms with Gasteiger partial charge in [0.2, 0.25) is 0 Å². The summed E-state index contributed by atoms with van der Waals surface area (Å²) >= 11 is 1.71. The maximum absolute atomic E-state index is 12.7. The lowest BCUT2D eigenvalue weighted by molar-refractivity contribution is 0.0698. The highest BCUT2D eigenvalue weighted by Crippen LogP contribution is 2.31. The predicted octanol–water partition coefficient (Wildman–Crippen LogP) is 8.88. The van der Waals surface area contributed by atoms with Crippen molar-refractivity contribution in [3.05, 3.63) is 126 Å². The van der Waals surface area contributed by atoms with Gasteiger partial charge in [0, 0.05) is 16.5 Å². The SMILES string of the molecule is Cc1ccc(SNC2CCC(Oc3ccc4cc(Oc5ccc(C(=O)Nc6ccccc6C(=O)O)cc5)ccc4c3)CC2)cc1. The van der Waals surface area contributed by atoms with E-state index in [-0.39, 0.29) is 17.4 Å². The van der Waals surface area contributed by atoms with Gasteiger partial charge in [-0.1, -0.05) is 42.0 Å². The molecule has 228 valence electrons. The molecule has 1 fully saturated rings. The summed E-state index contributed by atoms with van der Waals surface area (Å²) < 4.78 is 16.1. The van der Waals surface area contributed by atoms with Crippen LogP contribution in [0, 0.1) is 6.92 Å². The number of hydrogen-bond donors (Lipinski definition) is 3. The van der Waals surface area contributed by atoms with Crippen LogP contribution in [0.4, 0.5) is 5.69 Å². The summed E-state index contributed by atoms with van der Waals surface area (Å²) in [5.74, 6) is 0.632. The Hall–Kier alpha value is -4.79. The first-order chi connectivity index (χ1) is 21.9. The van der Waals surface area contributed by atoms with Crippen LogP contribution in [0.5, 0.6) is 17.2 Å². The van der Waals surface area contributed by atoms with E-state index in [0.717, 1.165) is 42.2 Å². The van der Waals surface area contributed by atoms with E-state index in [1.807, 2.05) is 30.3 Å². The van der Waals surface area contributed by atoms with Gasteiger partial charge < -0.3 is 19.9 Å². The average molecular weight is 619 g/mol. The molecular weight excluding hydrogens is 584 g/mol. The molecular formula is C37H34N2O5S. The van der Waals surface area contributed by atoms with Crippen molar-refractivity contribution in [2.45, 2.75) is 49.6 Å². The van der Waals surface area contributed by atoms with Crippen molar-refractivity contribution >= 4 is 40.3 Å². The van der Waals surface area contributed by atoms with Crippen LogP contribution in [0.2, 0.25) is 0 Å². The van der Waals surface area contributed by atoms with Crippen LogP contribution in [0.25, 0.3) is 10.8 Å². The fourth-order valence-electron chi connectivity index (χ4n) is 5.37. The maximum Gasteiger partial charge on any atom is 0.337 e. The van der Waals surface area contributed by atoms with Gasteiger partial charge >= 0.3 is 5.97 Å². The number of benzene rings is 5. The van der Waals surface area contributed by atoms with Crippen LogP contribution >= 0.6 is 11.9 Å². The second-order valence-corrected chi connectivity index (χ2v) is 12.1. The summed E-state index contributed by atoms with van der Waals surface area (Å²) in [7, 11) is 0. The number of carbonyl (C=O) groups is 2. The molecule has 8 heteroatoms. The lowest BCUT2D eigenvalue weighted by Crippen LogP contribution is -2.33. The fourth-order valence-corrected chi connectivity index (χ4v) is 6.18. The molecule has 0 saturated heterocycles. The Kier molecular flexibility index (Phi) is 9.33. The van der Waals surface area contributed by atoms with E-state index in [1.54, 1.807) is 54.4 Å². The fraction of sp³-hybridized carbons (Fsp3) is 0.189. The highest BCUT2D eigenvalue weighted by molar-refractivity contribution is 7.97. The second-order valence-electron chi connectivity index (χ2n) is 11.2. The molecule has 45 heavy (non-hydrogen) atoms. The lowest BCUT2D eigenvalue weighted by Gasteiger charge is -2.29. The summed E-state index contributed by atoms with van der Waals surface area (Å²) in [6.07, 6.45) is 4.43. The molecule has 0 spiro atoms. The molecule has 0 heterocycles. The first-order valence-corrected chi connectivity index (χ1v) is 15.8. The van der Waals surface area contributed by atoms with Crippen molar-refractivity contribution in [2.24, 2.45) is 0 Å². The third-order valence-corrected chi connectivity index (χ3v) is 8.84. The Bertz CT molecular complexity index is 1800. The molecule has 0 bridgehead atoms. The molecule has 6 rings (SSSR count). The minimum Gasteiger partial charge on any atom is -0.490 e. The van der Waals surface area contributed by atoms with Crippen molar-refractivity contribution in [3.8, 4) is 17.2 Å². The van der Waals surface area contributed by atoms with Gasteiger partial charge in [-0.25, -0.2) is 4.79 Å². The van der Waals surface area contributed by atoms with Gasteiger partial charge in [-0.15, -0.1) is 0 Å². The van der Waals surface area contributed by atoms with E-state index in [2.05, 4.69) is 47.3 Å². The molecule has 7 nitrogen and oxygen atoms in total. The maximum atomic E-state index is 12.7. The summed E-state index contributed by atoms with van der Waals surface area (Å²) in [5.41, 5.74) is 1.94. The van der Waals surface area contributed by atoms with Crippen molar-refractivity contribution in [2.75, 3.05) is 5.32 Å². The predicted molar refractivity (Wildman–Crippen MR) is 179 cm³/mol. The van der Waals surface area contributed by atoms with Gasteiger partial charge in [-0.3, -0.25) is 9.52 Å². The minimum atomic E-state index is -1.10. The number of aromatic carboxylic acids is 1. The molecule has 5 aromatic rings. The molecule has 3 N–H and O–H groups in total. The van der Waals surface area contributed by atoms with Crippen molar-refractivity contribution < 1.29 is 24.2 Å². The first kappa shape index (κ1) is 30.2. The summed E-state index contributed by atoms with van der Waals surface area (Å²) in [6, 6.07) is 34.1. The quantitative estimate of drug-likeness (QED) is 0.135. The Labute approximate surface area is 266 Å². The Morgan fingerprint density at radius 1 is 0.756 bits per heavy atom. The number of carboxylic acids is 1. The zero-order valence-corrected chi connectivity index (χ0v) is 25.7. The average Bonchev–Trinajstić information content (AvgIpc) is 3.06. The summed E-state index contributed by atoms with van der Waals surface area (Å²) in [6.45, 7) is 2.10. The van der Waals surface area contributed by atoms with Gasteiger partial charge in [-0.2, -0.15) is 0 Å². The number of aryl methyl sites for hydroxylation is 1. The van der Waals surface area contributed by atoms with Gasteiger partial charge in [0.25, 0.3) is 5.91 Å². The van der Waals surface area contributed by atoms with Crippen LogP contribution in [0.15, 0.2) is 114 Å². The van der Waals surface area contributed by atoms with Crippen LogP contribution in [0.3, 0.4) is 0 Å². The number of ether oxygens (including phenoxy) is 2. The van der Waals surface area contributed by atoms with Crippen LogP contribution in [-0.2, 0) is 0 Å². The Balaban J connectivity index is 1.01. The highest BCUT2D eigenvalue weighted by Gasteiger charge is 2.22. The molecule has 0 radical (unpaired) electrons. The topological polar surface area (TPSA) is 96.9 Å². The number of fused-ring (bicyclic) bond motifs is 1. The van der Waals surface area contributed by atoms with Crippen LogP contribution in [0.1, 0.15) is 52.0 Å². The Morgan fingerprint density at radius 2 is 1.40 bits per heavy atom. The van der Waals surface area contributed by atoms with Crippen molar-refractivity contribution in [1.29, 1.82) is 0 Å². The molecule has 1 saturated carbocycles. The monoisotopic (exact) mass is 618 g/mol. The molecule has 1 aliphatic carbocycles. The van der Waals surface area contributed by atoms with E-state index in [0.29, 0.717) is 23.1 Å². The van der Waals surface area contributed by atoms with Crippen molar-refractivity contribution in [3.63, 3.8) is 0 Å². The van der Waals surface area contributed by atoms with E-state index in [1.165, 1.54) is 16.5 Å². The number of amides is 1. The Morgan fingerprint density at radius 3 is 2.11 bits per heavy atom. The standard InChI is InChI=1S/C37H34N2O5S/c1-24-6-20-33(21-7-24)45-39-28-12-18-30(19-13-28)44-32-17-11-26-22-31(16-10-27(26)23-32)43-29-14-8-25(9-15-29)36(40)38-35-5-3-2-4-34(35)37(41)42/h2-11,14-17,20-23,28,30,39H,12-13,18-19H2,1H3,(H,38,40)(H,41,42). The molecule has 0 aromatic heterocycles. The van der Waals surface area contributed by atoms with Gasteiger partial charge in [0.15, 0.2) is 0 Å². The number of para-hydroxylation sites is 1. The van der Waals surface area contributed by atoms with Gasteiger partial charge in [0.05, 0.1) is 17.4 Å². The largest absolute Gasteiger partial charge is 0.490 e. The zero-order chi connectivity index (χ0) is 31.2. The summed E-state index contributed by atoms with van der Waals surface area (Å²) in [5, 5.41) is 14.1. The molecule has 0 aliphatic heterocycles. The first-order valence-electron chi connectivity index (χ1n) is 15.0. The molecule has 0 atom stereocenters. The number of hydrogen-bond acceptors (Lipinski definition) is 6. The van der Waals surface area contributed by atoms with E-state index < -0.39 is 11.9 Å². The number of carbonyl (C=O) groups excluding carboxylic acids is 1. The third kappa shape index (κ3) is 7.84. The van der Waals surface area contributed by atoms with Crippen molar-refractivity contribution in [1.82, 2.24) is 4.72 Å². The second kappa shape index (κ2) is 13.9. The highest BCUT2D eigenvalue weighted by atomic mass is 32.2. The minimum absolute atomic E-state index is 0.0323. The number of anilines is 1. The molecule has 1 aliphatic rings. The van der Waals surface area contributed by atoms with E-state index in [9.17, 15) is 14.7 Å². The smallest absolute Gasteiger partial charge is 0.337 e. The number of carboxylic acid groups (broad SMARTS) is 1. The number of rotatable bonds is 10. The number of nitrogens with one attached hydrogen (secondary N) is 2. The third-order valence-electron chi connectivity index (χ3n) is 7.88. The normalized spacial score (nSPS) is 16.2. The van der Waals surface area contributed by atoms with E-state index >= 15 is 0 Å². The van der Waals surface area contributed by atoms with Gasteiger partial charge in [0.1, 0.15) is 17.2 Å². The molecule has 5 aromatic carbocycles. The summed E-state index contributed by atoms with van der Waals surface area (Å²) in [4.78, 5) is 25.4. The van der Waals surface area contributed by atoms with Gasteiger partial charge in [-0.05, 0) is 128 Å².